The normalized spacial score (nSPS) is 18.4. The highest BCUT2D eigenvalue weighted by atomic mass is 16.5. The van der Waals surface area contributed by atoms with Gasteiger partial charge in [0.1, 0.15) is 6.04 Å². The quantitative estimate of drug-likeness (QED) is 0.877. The van der Waals surface area contributed by atoms with Gasteiger partial charge in [-0.1, -0.05) is 6.07 Å². The summed E-state index contributed by atoms with van der Waals surface area (Å²) in [6, 6.07) is 6.95. The summed E-state index contributed by atoms with van der Waals surface area (Å²) in [6.45, 7) is 3.71. The fraction of sp³-hybridized carbons (Fsp3) is 0.533. The molecule has 0 saturated carbocycles. The second-order valence-corrected chi connectivity index (χ2v) is 4.96. The van der Waals surface area contributed by atoms with Gasteiger partial charge in [-0.05, 0) is 37.5 Å². The number of likely N-dealkylation sites (tertiary alicyclic amines) is 1. The van der Waals surface area contributed by atoms with Crippen molar-refractivity contribution in [2.45, 2.75) is 31.9 Å². The van der Waals surface area contributed by atoms with Crippen molar-refractivity contribution in [3.05, 3.63) is 23.8 Å². The average Bonchev–Trinajstić information content (AvgIpc) is 2.45. The number of aliphatic hydroxyl groups is 1. The molecule has 0 aliphatic carbocycles. The maximum Gasteiger partial charge on any atom is 0.161 e. The molecular weight excluding hydrogens is 256 g/mol. The maximum absolute atomic E-state index is 9.71. The largest absolute Gasteiger partial charge is 0.504 e. The van der Waals surface area contributed by atoms with E-state index in [1.807, 2.05) is 6.92 Å². The summed E-state index contributed by atoms with van der Waals surface area (Å²) in [5, 5.41) is 28.7. The van der Waals surface area contributed by atoms with Crippen LogP contribution in [0.3, 0.4) is 0 Å². The third-order valence-electron chi connectivity index (χ3n) is 3.59. The first-order chi connectivity index (χ1) is 9.65. The van der Waals surface area contributed by atoms with Crippen molar-refractivity contribution in [1.29, 1.82) is 5.26 Å². The number of benzene rings is 1. The molecule has 108 valence electrons. The summed E-state index contributed by atoms with van der Waals surface area (Å²) in [5.74, 6) is 0.489. The Morgan fingerprint density at radius 3 is 2.75 bits per heavy atom. The summed E-state index contributed by atoms with van der Waals surface area (Å²) in [4.78, 5) is 2.05. The Hall–Kier alpha value is -1.77. The molecular formula is C15H20N2O3. The predicted molar refractivity (Wildman–Crippen MR) is 74.4 cm³/mol. The fourth-order valence-corrected chi connectivity index (χ4v) is 2.48. The van der Waals surface area contributed by atoms with E-state index in [9.17, 15) is 15.5 Å². The van der Waals surface area contributed by atoms with E-state index >= 15 is 0 Å². The van der Waals surface area contributed by atoms with Gasteiger partial charge in [-0.15, -0.1) is 0 Å². The Morgan fingerprint density at radius 2 is 2.15 bits per heavy atom. The van der Waals surface area contributed by atoms with E-state index in [2.05, 4.69) is 11.0 Å². The lowest BCUT2D eigenvalue weighted by Gasteiger charge is -2.33. The Bertz CT molecular complexity index is 490. The van der Waals surface area contributed by atoms with Crippen LogP contribution >= 0.6 is 0 Å². The zero-order chi connectivity index (χ0) is 14.5. The molecule has 0 aromatic heterocycles. The summed E-state index contributed by atoms with van der Waals surface area (Å²) >= 11 is 0. The number of phenolic OH excluding ortho intramolecular Hbond substituents is 1. The molecule has 0 spiro atoms. The lowest BCUT2D eigenvalue weighted by atomic mass is 10.0. The van der Waals surface area contributed by atoms with Gasteiger partial charge in [-0.2, -0.15) is 5.26 Å². The van der Waals surface area contributed by atoms with Crippen molar-refractivity contribution in [1.82, 2.24) is 4.90 Å². The third kappa shape index (κ3) is 3.21. The van der Waals surface area contributed by atoms with E-state index < -0.39 is 0 Å². The number of aromatic hydroxyl groups is 1. The Morgan fingerprint density at radius 1 is 1.45 bits per heavy atom. The SMILES string of the molecule is CCOc1cc(C(C#N)N2CCC(O)CC2)ccc1O. The average molecular weight is 276 g/mol. The van der Waals surface area contributed by atoms with Crippen LogP contribution in [0.5, 0.6) is 11.5 Å². The van der Waals surface area contributed by atoms with Gasteiger partial charge in [0.15, 0.2) is 11.5 Å². The van der Waals surface area contributed by atoms with Crippen LogP contribution in [-0.4, -0.2) is 40.9 Å². The molecule has 2 rings (SSSR count). The van der Waals surface area contributed by atoms with Crippen molar-refractivity contribution in [2.24, 2.45) is 0 Å². The maximum atomic E-state index is 9.71. The van der Waals surface area contributed by atoms with Crippen LogP contribution in [0.1, 0.15) is 31.4 Å². The molecule has 0 amide bonds. The minimum atomic E-state index is -0.373. The van der Waals surface area contributed by atoms with Gasteiger partial charge >= 0.3 is 0 Å². The highest BCUT2D eigenvalue weighted by Gasteiger charge is 2.25. The van der Waals surface area contributed by atoms with Crippen molar-refractivity contribution < 1.29 is 14.9 Å². The highest BCUT2D eigenvalue weighted by molar-refractivity contribution is 5.43. The zero-order valence-corrected chi connectivity index (χ0v) is 11.6. The van der Waals surface area contributed by atoms with E-state index in [0.29, 0.717) is 38.3 Å². The second kappa shape index (κ2) is 6.60. The predicted octanol–water partition coefficient (Wildman–Crippen LogP) is 1.81. The molecule has 1 unspecified atom stereocenters. The lowest BCUT2D eigenvalue weighted by molar-refractivity contribution is 0.0716. The number of nitriles is 1. The first-order valence-corrected chi connectivity index (χ1v) is 6.93. The van der Waals surface area contributed by atoms with Crippen molar-refractivity contribution in [3.8, 4) is 17.6 Å². The van der Waals surface area contributed by atoms with E-state index in [-0.39, 0.29) is 17.9 Å². The molecule has 1 aliphatic heterocycles. The molecule has 2 N–H and O–H groups in total. The molecule has 1 aromatic carbocycles. The minimum absolute atomic E-state index is 0.0846. The van der Waals surface area contributed by atoms with Gasteiger partial charge in [0.05, 0.1) is 18.8 Å². The first kappa shape index (κ1) is 14.6. The van der Waals surface area contributed by atoms with E-state index in [4.69, 9.17) is 4.74 Å². The number of phenols is 1. The van der Waals surface area contributed by atoms with E-state index in [0.717, 1.165) is 5.56 Å². The fourth-order valence-electron chi connectivity index (χ4n) is 2.48. The van der Waals surface area contributed by atoms with Gasteiger partial charge in [0.2, 0.25) is 0 Å². The Kier molecular flexibility index (Phi) is 4.83. The number of hydrogen-bond donors (Lipinski definition) is 2. The van der Waals surface area contributed by atoms with Crippen molar-refractivity contribution >= 4 is 0 Å². The van der Waals surface area contributed by atoms with Crippen LogP contribution in [0.2, 0.25) is 0 Å². The van der Waals surface area contributed by atoms with E-state index in [1.54, 1.807) is 18.2 Å². The highest BCUT2D eigenvalue weighted by Crippen LogP contribution is 2.32. The molecule has 1 atom stereocenters. The van der Waals surface area contributed by atoms with Crippen molar-refractivity contribution in [3.63, 3.8) is 0 Å². The minimum Gasteiger partial charge on any atom is -0.504 e. The molecule has 1 saturated heterocycles. The number of ether oxygens (including phenoxy) is 1. The number of nitrogens with zero attached hydrogens (tertiary/aromatic N) is 2. The molecule has 5 nitrogen and oxygen atoms in total. The summed E-state index contributed by atoms with van der Waals surface area (Å²) in [7, 11) is 0. The molecule has 1 aromatic rings. The van der Waals surface area contributed by atoms with Crippen molar-refractivity contribution in [2.75, 3.05) is 19.7 Å². The molecule has 0 bridgehead atoms. The van der Waals surface area contributed by atoms with Crippen LogP contribution in [0.15, 0.2) is 18.2 Å². The van der Waals surface area contributed by atoms with Crippen LogP contribution in [0.25, 0.3) is 0 Å². The van der Waals surface area contributed by atoms with Gasteiger partial charge in [0.25, 0.3) is 0 Å². The summed E-state index contributed by atoms with van der Waals surface area (Å²) in [6.07, 6.45) is 1.12. The molecule has 1 aliphatic rings. The van der Waals surface area contributed by atoms with Crippen LogP contribution in [0.4, 0.5) is 0 Å². The number of piperidine rings is 1. The summed E-state index contributed by atoms with van der Waals surface area (Å²) < 4.78 is 5.36. The Balaban J connectivity index is 2.19. The van der Waals surface area contributed by atoms with Gasteiger partial charge in [-0.3, -0.25) is 4.90 Å². The van der Waals surface area contributed by atoms with Crippen LogP contribution in [0, 0.1) is 11.3 Å². The van der Waals surface area contributed by atoms with Crippen LogP contribution in [-0.2, 0) is 0 Å². The number of aliphatic hydroxyl groups excluding tert-OH is 1. The molecule has 1 fully saturated rings. The molecule has 5 heteroatoms. The molecule has 20 heavy (non-hydrogen) atoms. The van der Waals surface area contributed by atoms with Gasteiger partial charge in [-0.25, -0.2) is 0 Å². The zero-order valence-electron chi connectivity index (χ0n) is 11.6. The van der Waals surface area contributed by atoms with Crippen LogP contribution < -0.4 is 4.74 Å². The van der Waals surface area contributed by atoms with Gasteiger partial charge in [0, 0.05) is 13.1 Å². The Labute approximate surface area is 119 Å². The molecule has 1 heterocycles. The lowest BCUT2D eigenvalue weighted by Crippen LogP contribution is -2.38. The summed E-state index contributed by atoms with van der Waals surface area (Å²) in [5.41, 5.74) is 0.810. The third-order valence-corrected chi connectivity index (χ3v) is 3.59. The topological polar surface area (TPSA) is 76.7 Å². The van der Waals surface area contributed by atoms with E-state index in [1.165, 1.54) is 0 Å². The molecule has 0 radical (unpaired) electrons. The number of hydrogen-bond acceptors (Lipinski definition) is 5. The standard InChI is InChI=1S/C15H20N2O3/c1-2-20-15-9-11(3-4-14(15)19)13(10-16)17-7-5-12(18)6-8-17/h3-4,9,12-13,18-19H,2,5-8H2,1H3. The monoisotopic (exact) mass is 276 g/mol. The van der Waals surface area contributed by atoms with Gasteiger partial charge < -0.3 is 14.9 Å². The number of rotatable bonds is 4. The first-order valence-electron chi connectivity index (χ1n) is 6.93. The smallest absolute Gasteiger partial charge is 0.161 e. The second-order valence-electron chi connectivity index (χ2n) is 4.96.